The van der Waals surface area contributed by atoms with Gasteiger partial charge in [0.2, 0.25) is 0 Å². The number of hydrogen-bond donors (Lipinski definition) is 2. The van der Waals surface area contributed by atoms with E-state index in [0.717, 1.165) is 6.07 Å². The molecule has 0 atom stereocenters. The third-order valence-corrected chi connectivity index (χ3v) is 2.50. The quantitative estimate of drug-likeness (QED) is 0.519. The number of ether oxygens (including phenoxy) is 1. The van der Waals surface area contributed by atoms with Crippen LogP contribution in [0.1, 0.15) is 11.3 Å². The van der Waals surface area contributed by atoms with E-state index in [1.54, 1.807) is 0 Å². The third-order valence-electron chi connectivity index (χ3n) is 2.50. The summed E-state index contributed by atoms with van der Waals surface area (Å²) in [6.45, 7) is 0. The predicted molar refractivity (Wildman–Crippen MR) is 66.7 cm³/mol. The van der Waals surface area contributed by atoms with Gasteiger partial charge >= 0.3 is 6.18 Å². The maximum atomic E-state index is 13.2. The van der Waals surface area contributed by atoms with Gasteiger partial charge in [-0.2, -0.15) is 13.2 Å². The molecule has 3 N–H and O–H groups in total. The van der Waals surface area contributed by atoms with Gasteiger partial charge in [0.25, 0.3) is 0 Å². The monoisotopic (exact) mass is 299 g/mol. The Balaban J connectivity index is 2.40. The van der Waals surface area contributed by atoms with Crippen LogP contribution in [0.3, 0.4) is 0 Å². The summed E-state index contributed by atoms with van der Waals surface area (Å²) in [5.41, 5.74) is 3.84. The van der Waals surface area contributed by atoms with Crippen molar-refractivity contribution in [3.8, 4) is 11.5 Å². The second-order valence-electron chi connectivity index (χ2n) is 4.01. The molecule has 8 heteroatoms. The van der Waals surface area contributed by atoms with Gasteiger partial charge in [0.05, 0.1) is 5.56 Å². The highest BCUT2D eigenvalue weighted by molar-refractivity contribution is 5.95. The summed E-state index contributed by atoms with van der Waals surface area (Å²) in [6, 6.07) is 5.09. The summed E-state index contributed by atoms with van der Waals surface area (Å²) >= 11 is 0. The molecule has 0 saturated heterocycles. The van der Waals surface area contributed by atoms with Crippen LogP contribution in [0.15, 0.2) is 36.5 Å². The minimum absolute atomic E-state index is 0.00438. The third kappa shape index (κ3) is 3.28. The summed E-state index contributed by atoms with van der Waals surface area (Å²) in [7, 11) is 0. The highest BCUT2D eigenvalue weighted by Gasteiger charge is 2.34. The van der Waals surface area contributed by atoms with Crippen LogP contribution >= 0.6 is 0 Å². The van der Waals surface area contributed by atoms with Crippen molar-refractivity contribution < 1.29 is 22.3 Å². The fourth-order valence-electron chi connectivity index (χ4n) is 1.59. The fraction of sp³-hybridized carbons (Fsp3) is 0.0769. The molecule has 0 fully saturated rings. The van der Waals surface area contributed by atoms with Crippen LogP contribution in [-0.2, 0) is 6.18 Å². The van der Waals surface area contributed by atoms with E-state index in [4.69, 9.17) is 15.9 Å². The second-order valence-corrected chi connectivity index (χ2v) is 4.01. The Kier molecular flexibility index (Phi) is 3.79. The van der Waals surface area contributed by atoms with E-state index in [1.165, 1.54) is 18.3 Å². The predicted octanol–water partition coefficient (Wildman–Crippen LogP) is 3.32. The number of hydrogen-bond acceptors (Lipinski definition) is 3. The lowest BCUT2D eigenvalue weighted by Gasteiger charge is -2.12. The molecule has 21 heavy (non-hydrogen) atoms. The molecule has 0 aliphatic heterocycles. The number of amidine groups is 1. The summed E-state index contributed by atoms with van der Waals surface area (Å²) < 4.78 is 56.2. The van der Waals surface area contributed by atoms with E-state index in [0.29, 0.717) is 12.1 Å². The van der Waals surface area contributed by atoms with Crippen molar-refractivity contribution >= 4 is 5.84 Å². The zero-order chi connectivity index (χ0) is 15.6. The zero-order valence-corrected chi connectivity index (χ0v) is 10.4. The molecule has 110 valence electrons. The number of nitrogen functional groups attached to an aromatic ring is 1. The first-order valence-corrected chi connectivity index (χ1v) is 5.63. The molecule has 0 aliphatic rings. The van der Waals surface area contributed by atoms with Crippen molar-refractivity contribution in [1.82, 2.24) is 4.98 Å². The lowest BCUT2D eigenvalue weighted by atomic mass is 10.2. The van der Waals surface area contributed by atoms with E-state index >= 15 is 0 Å². The molecule has 0 radical (unpaired) electrons. The van der Waals surface area contributed by atoms with E-state index in [1.807, 2.05) is 0 Å². The summed E-state index contributed by atoms with van der Waals surface area (Å²) in [5, 5.41) is 7.31. The van der Waals surface area contributed by atoms with E-state index < -0.39 is 23.4 Å². The largest absolute Gasteiger partial charge is 0.455 e. The van der Waals surface area contributed by atoms with Crippen LogP contribution in [0.2, 0.25) is 0 Å². The average Bonchev–Trinajstić information content (AvgIpc) is 2.40. The first kappa shape index (κ1) is 14.8. The van der Waals surface area contributed by atoms with Crippen LogP contribution in [-0.4, -0.2) is 10.8 Å². The number of rotatable bonds is 3. The normalized spacial score (nSPS) is 11.2. The van der Waals surface area contributed by atoms with Gasteiger partial charge in [-0.15, -0.1) is 0 Å². The van der Waals surface area contributed by atoms with Crippen molar-refractivity contribution in [3.63, 3.8) is 0 Å². The van der Waals surface area contributed by atoms with Crippen LogP contribution < -0.4 is 10.5 Å². The molecular formula is C13H9F4N3O. The maximum Gasteiger partial charge on any atom is 0.419 e. The lowest BCUT2D eigenvalue weighted by Crippen LogP contribution is -2.14. The van der Waals surface area contributed by atoms with Crippen molar-refractivity contribution in [3.05, 3.63) is 53.6 Å². The van der Waals surface area contributed by atoms with E-state index in [9.17, 15) is 17.6 Å². The van der Waals surface area contributed by atoms with Gasteiger partial charge in [-0.05, 0) is 30.3 Å². The number of alkyl halides is 3. The lowest BCUT2D eigenvalue weighted by molar-refractivity contribution is -0.140. The van der Waals surface area contributed by atoms with E-state index in [-0.39, 0.29) is 17.2 Å². The smallest absolute Gasteiger partial charge is 0.419 e. The maximum absolute atomic E-state index is 13.2. The number of nitrogens with zero attached hydrogens (tertiary/aromatic N) is 1. The molecule has 0 unspecified atom stereocenters. The Labute approximate surface area is 116 Å². The summed E-state index contributed by atoms with van der Waals surface area (Å²) in [4.78, 5) is 3.79. The van der Waals surface area contributed by atoms with Crippen molar-refractivity contribution in [1.29, 1.82) is 5.41 Å². The van der Waals surface area contributed by atoms with Gasteiger partial charge in [-0.25, -0.2) is 9.37 Å². The number of aromatic nitrogens is 1. The van der Waals surface area contributed by atoms with Gasteiger partial charge in [0, 0.05) is 6.20 Å². The molecule has 1 aromatic carbocycles. The number of pyridine rings is 1. The first-order valence-electron chi connectivity index (χ1n) is 5.63. The first-order chi connectivity index (χ1) is 9.79. The molecule has 2 rings (SSSR count). The van der Waals surface area contributed by atoms with Gasteiger partial charge in [0.1, 0.15) is 23.1 Å². The zero-order valence-electron chi connectivity index (χ0n) is 10.4. The highest BCUT2D eigenvalue weighted by atomic mass is 19.4. The standard InChI is InChI=1S/C13H9F4N3O/c14-9-4-3-7(6-8(9)13(15,16)17)21-10-2-1-5-20-11(10)12(18)19/h1-6H,(H3,18,19). The van der Waals surface area contributed by atoms with Crippen LogP contribution in [0.5, 0.6) is 11.5 Å². The Bertz CT molecular complexity index is 685. The average molecular weight is 299 g/mol. The number of nitrogens with two attached hydrogens (primary N) is 1. The van der Waals surface area contributed by atoms with Crippen LogP contribution in [0.4, 0.5) is 17.6 Å². The van der Waals surface area contributed by atoms with Gasteiger partial charge < -0.3 is 10.5 Å². The number of halogens is 4. The van der Waals surface area contributed by atoms with Gasteiger partial charge in [0.15, 0.2) is 5.75 Å². The van der Waals surface area contributed by atoms with Crippen LogP contribution in [0, 0.1) is 11.2 Å². The molecule has 1 heterocycles. The molecule has 0 saturated carbocycles. The molecule has 1 aromatic heterocycles. The fourth-order valence-corrected chi connectivity index (χ4v) is 1.59. The topological polar surface area (TPSA) is 72.0 Å². The molecule has 0 spiro atoms. The minimum atomic E-state index is -4.83. The van der Waals surface area contributed by atoms with E-state index in [2.05, 4.69) is 4.98 Å². The molecule has 4 nitrogen and oxygen atoms in total. The number of benzene rings is 1. The number of nitrogens with one attached hydrogen (secondary N) is 1. The van der Waals surface area contributed by atoms with Crippen molar-refractivity contribution in [2.45, 2.75) is 6.18 Å². The Morgan fingerprint density at radius 2 is 1.95 bits per heavy atom. The Hall–Kier alpha value is -2.64. The Morgan fingerprint density at radius 3 is 2.57 bits per heavy atom. The molecule has 0 bridgehead atoms. The van der Waals surface area contributed by atoms with Crippen molar-refractivity contribution in [2.24, 2.45) is 5.73 Å². The molecular weight excluding hydrogens is 290 g/mol. The van der Waals surface area contributed by atoms with Gasteiger partial charge in [-0.1, -0.05) is 0 Å². The summed E-state index contributed by atoms with van der Waals surface area (Å²) in [6.07, 6.45) is -3.48. The molecule has 0 amide bonds. The second kappa shape index (κ2) is 5.39. The van der Waals surface area contributed by atoms with Crippen LogP contribution in [0.25, 0.3) is 0 Å². The summed E-state index contributed by atoms with van der Waals surface area (Å²) in [5.74, 6) is -2.03. The SMILES string of the molecule is N=C(N)c1ncccc1Oc1ccc(F)c(C(F)(F)F)c1. The minimum Gasteiger partial charge on any atom is -0.455 e. The van der Waals surface area contributed by atoms with Crippen molar-refractivity contribution in [2.75, 3.05) is 0 Å². The van der Waals surface area contributed by atoms with Gasteiger partial charge in [-0.3, -0.25) is 5.41 Å². The molecule has 0 aliphatic carbocycles. The highest BCUT2D eigenvalue weighted by Crippen LogP contribution is 2.35. The Morgan fingerprint density at radius 1 is 1.24 bits per heavy atom. The molecule has 2 aromatic rings.